The average Bonchev–Trinajstić information content (AvgIpc) is 3.02. The number of rotatable bonds is 6. The Morgan fingerprint density at radius 3 is 2.67 bits per heavy atom. The molecule has 0 spiro atoms. The molecule has 0 unspecified atom stereocenters. The number of aromatic nitrogens is 2. The highest BCUT2D eigenvalue weighted by Gasteiger charge is 2.04. The Morgan fingerprint density at radius 2 is 1.92 bits per heavy atom. The Kier molecular flexibility index (Phi) is 5.59. The second-order valence-corrected chi connectivity index (χ2v) is 6.56. The number of nitrogens with zero attached hydrogens (tertiary/aromatic N) is 2. The molecule has 4 nitrogen and oxygen atoms in total. The molecule has 1 aromatic heterocycles. The molecule has 0 aliphatic carbocycles. The smallest absolute Gasteiger partial charge is 0.207 e. The monoisotopic (exact) mass is 357 g/mol. The van der Waals surface area contributed by atoms with Gasteiger partial charge in [0.1, 0.15) is 12.2 Å². The molecule has 6 heteroatoms. The van der Waals surface area contributed by atoms with E-state index in [-0.39, 0.29) is 0 Å². The number of benzene rings is 2. The molecule has 0 bridgehead atoms. The highest BCUT2D eigenvalue weighted by atomic mass is 35.5. The SMILES string of the molecule is CC(=Cc1nsc(Nc2ccccc2)n1)[NH2+]Cc1ccc(Cl)cc1. The first-order valence-corrected chi connectivity index (χ1v) is 8.76. The van der Waals surface area contributed by atoms with Gasteiger partial charge in [-0.1, -0.05) is 41.9 Å². The molecule has 0 saturated carbocycles. The van der Waals surface area contributed by atoms with E-state index in [1.54, 1.807) is 0 Å². The maximum absolute atomic E-state index is 5.90. The van der Waals surface area contributed by atoms with Gasteiger partial charge in [0.2, 0.25) is 5.13 Å². The van der Waals surface area contributed by atoms with E-state index in [0.717, 1.165) is 33.9 Å². The molecule has 0 saturated heterocycles. The molecule has 0 radical (unpaired) electrons. The number of hydrogen-bond donors (Lipinski definition) is 2. The van der Waals surface area contributed by atoms with E-state index in [1.807, 2.05) is 60.7 Å². The van der Waals surface area contributed by atoms with E-state index in [4.69, 9.17) is 11.6 Å². The summed E-state index contributed by atoms with van der Waals surface area (Å²) in [5.74, 6) is 0.725. The van der Waals surface area contributed by atoms with Crippen LogP contribution in [0.4, 0.5) is 10.8 Å². The first-order chi connectivity index (χ1) is 11.7. The zero-order valence-electron chi connectivity index (χ0n) is 13.2. The zero-order chi connectivity index (χ0) is 16.8. The maximum atomic E-state index is 5.90. The minimum Gasteiger partial charge on any atom is -0.330 e. The first-order valence-electron chi connectivity index (χ1n) is 7.61. The summed E-state index contributed by atoms with van der Waals surface area (Å²) in [6, 6.07) is 17.9. The molecule has 2 aromatic carbocycles. The highest BCUT2D eigenvalue weighted by Crippen LogP contribution is 2.18. The lowest BCUT2D eigenvalue weighted by molar-refractivity contribution is -0.621. The number of nitrogens with one attached hydrogen (secondary N) is 1. The average molecular weight is 358 g/mol. The fourth-order valence-electron chi connectivity index (χ4n) is 2.15. The van der Waals surface area contributed by atoms with E-state index in [0.29, 0.717) is 0 Å². The summed E-state index contributed by atoms with van der Waals surface area (Å²) in [4.78, 5) is 4.49. The van der Waals surface area contributed by atoms with Gasteiger partial charge in [-0.2, -0.15) is 9.36 Å². The van der Waals surface area contributed by atoms with Crippen LogP contribution in [0.25, 0.3) is 6.08 Å². The number of quaternary nitrogens is 1. The number of hydrogen-bond acceptors (Lipinski definition) is 4. The molecule has 24 heavy (non-hydrogen) atoms. The molecule has 0 amide bonds. The normalized spacial score (nSPS) is 11.5. The van der Waals surface area contributed by atoms with Crippen LogP contribution in [0.2, 0.25) is 5.02 Å². The quantitative estimate of drug-likeness (QED) is 0.699. The molecular formula is C18H18ClN4S+. The summed E-state index contributed by atoms with van der Waals surface area (Å²) >= 11 is 7.26. The Bertz CT molecular complexity index is 813. The molecule has 122 valence electrons. The Hall–Kier alpha value is -2.21. The van der Waals surface area contributed by atoms with Crippen molar-refractivity contribution in [3.8, 4) is 0 Å². The largest absolute Gasteiger partial charge is 0.330 e. The van der Waals surface area contributed by atoms with Crippen molar-refractivity contribution < 1.29 is 5.32 Å². The van der Waals surface area contributed by atoms with Gasteiger partial charge in [0.15, 0.2) is 5.82 Å². The van der Waals surface area contributed by atoms with Gasteiger partial charge in [0.25, 0.3) is 0 Å². The van der Waals surface area contributed by atoms with Crippen molar-refractivity contribution in [2.75, 3.05) is 5.32 Å². The maximum Gasteiger partial charge on any atom is 0.207 e. The number of anilines is 2. The summed E-state index contributed by atoms with van der Waals surface area (Å²) in [6.45, 7) is 2.92. The van der Waals surface area contributed by atoms with Crippen LogP contribution in [-0.4, -0.2) is 9.36 Å². The minimum atomic E-state index is 0.725. The molecule has 3 aromatic rings. The summed E-state index contributed by atoms with van der Waals surface area (Å²) in [5, 5.41) is 6.96. The fraction of sp³-hybridized carbons (Fsp3) is 0.111. The van der Waals surface area contributed by atoms with Crippen molar-refractivity contribution in [1.29, 1.82) is 0 Å². The van der Waals surface area contributed by atoms with Crippen molar-refractivity contribution in [3.63, 3.8) is 0 Å². The van der Waals surface area contributed by atoms with Crippen LogP contribution in [0.1, 0.15) is 18.3 Å². The lowest BCUT2D eigenvalue weighted by atomic mass is 10.2. The standard InChI is InChI=1S/C18H17ClN4S/c1-13(20-12-14-7-9-15(19)10-8-14)11-17-22-18(24-23-17)21-16-5-3-2-4-6-16/h2-11,20H,12H2,1H3,(H,21,22,23)/p+1. The van der Waals surface area contributed by atoms with E-state index in [2.05, 4.69) is 26.9 Å². The second kappa shape index (κ2) is 8.06. The minimum absolute atomic E-state index is 0.725. The number of halogens is 1. The zero-order valence-corrected chi connectivity index (χ0v) is 14.8. The summed E-state index contributed by atoms with van der Waals surface area (Å²) in [5.41, 5.74) is 3.37. The van der Waals surface area contributed by atoms with Crippen LogP contribution < -0.4 is 10.6 Å². The summed E-state index contributed by atoms with van der Waals surface area (Å²) in [7, 11) is 0. The molecule has 1 heterocycles. The predicted molar refractivity (Wildman–Crippen MR) is 100 cm³/mol. The summed E-state index contributed by atoms with van der Waals surface area (Å²) in [6.07, 6.45) is 1.99. The van der Waals surface area contributed by atoms with E-state index >= 15 is 0 Å². The van der Waals surface area contributed by atoms with Crippen molar-refractivity contribution in [2.24, 2.45) is 0 Å². The van der Waals surface area contributed by atoms with Gasteiger partial charge in [0, 0.05) is 40.8 Å². The van der Waals surface area contributed by atoms with Crippen molar-refractivity contribution in [2.45, 2.75) is 13.5 Å². The number of allylic oxidation sites excluding steroid dienone is 1. The number of para-hydroxylation sites is 1. The van der Waals surface area contributed by atoms with Crippen LogP contribution in [0.5, 0.6) is 0 Å². The fourth-order valence-corrected chi connectivity index (χ4v) is 2.85. The van der Waals surface area contributed by atoms with Gasteiger partial charge in [-0.3, -0.25) is 0 Å². The highest BCUT2D eigenvalue weighted by molar-refractivity contribution is 7.09. The molecule has 3 rings (SSSR count). The van der Waals surface area contributed by atoms with Gasteiger partial charge in [-0.05, 0) is 24.3 Å². The van der Waals surface area contributed by atoms with E-state index in [1.165, 1.54) is 17.1 Å². The Morgan fingerprint density at radius 1 is 1.17 bits per heavy atom. The van der Waals surface area contributed by atoms with Gasteiger partial charge in [-0.15, -0.1) is 0 Å². The second-order valence-electron chi connectivity index (χ2n) is 5.37. The Balaban J connectivity index is 1.58. The van der Waals surface area contributed by atoms with E-state index in [9.17, 15) is 0 Å². The van der Waals surface area contributed by atoms with E-state index < -0.39 is 0 Å². The molecule has 0 fully saturated rings. The first kappa shape index (κ1) is 16.6. The third-order valence-electron chi connectivity index (χ3n) is 3.40. The lowest BCUT2D eigenvalue weighted by Gasteiger charge is -2.01. The van der Waals surface area contributed by atoms with Gasteiger partial charge in [0.05, 0.1) is 0 Å². The van der Waals surface area contributed by atoms with Crippen molar-refractivity contribution in [3.05, 3.63) is 76.7 Å². The van der Waals surface area contributed by atoms with Crippen LogP contribution >= 0.6 is 23.1 Å². The topological polar surface area (TPSA) is 54.4 Å². The van der Waals surface area contributed by atoms with Crippen LogP contribution in [0, 0.1) is 0 Å². The summed E-state index contributed by atoms with van der Waals surface area (Å²) < 4.78 is 4.37. The van der Waals surface area contributed by atoms with Gasteiger partial charge < -0.3 is 10.6 Å². The number of nitrogens with two attached hydrogens (primary N) is 1. The van der Waals surface area contributed by atoms with Gasteiger partial charge >= 0.3 is 0 Å². The molecular weight excluding hydrogens is 340 g/mol. The van der Waals surface area contributed by atoms with Crippen LogP contribution in [-0.2, 0) is 6.54 Å². The molecule has 0 aliphatic heterocycles. The van der Waals surface area contributed by atoms with Crippen LogP contribution in [0.3, 0.4) is 0 Å². The predicted octanol–water partition coefficient (Wildman–Crippen LogP) is 4.06. The molecule has 3 N–H and O–H groups in total. The third kappa shape index (κ3) is 4.89. The third-order valence-corrected chi connectivity index (χ3v) is 4.29. The molecule has 0 aliphatic rings. The lowest BCUT2D eigenvalue weighted by Crippen LogP contribution is -2.79. The molecule has 0 atom stereocenters. The van der Waals surface area contributed by atoms with Gasteiger partial charge in [-0.25, -0.2) is 0 Å². The van der Waals surface area contributed by atoms with Crippen molar-refractivity contribution >= 4 is 40.0 Å². The Labute approximate surface area is 150 Å². The van der Waals surface area contributed by atoms with Crippen molar-refractivity contribution in [1.82, 2.24) is 9.36 Å². The van der Waals surface area contributed by atoms with Crippen LogP contribution in [0.15, 0.2) is 60.3 Å².